The Kier molecular flexibility index (Phi) is 9.87. The molecular weight excluding hydrogens is 474 g/mol. The Balaban J connectivity index is 1.72. The number of hydrogen-bond acceptors (Lipinski definition) is 10. The molecule has 0 saturated heterocycles. The lowest BCUT2D eigenvalue weighted by Gasteiger charge is -2.16. The van der Waals surface area contributed by atoms with Crippen molar-refractivity contribution in [1.29, 1.82) is 0 Å². The lowest BCUT2D eigenvalue weighted by atomic mass is 10.1. The van der Waals surface area contributed by atoms with Crippen molar-refractivity contribution in [3.05, 3.63) is 54.6 Å². The summed E-state index contributed by atoms with van der Waals surface area (Å²) >= 11 is 0. The van der Waals surface area contributed by atoms with Crippen molar-refractivity contribution in [3.63, 3.8) is 0 Å². The fraction of sp³-hybridized carbons (Fsp3) is 0.346. The van der Waals surface area contributed by atoms with Gasteiger partial charge < -0.3 is 35.6 Å². The fourth-order valence-corrected chi connectivity index (χ4v) is 3.35. The molecule has 37 heavy (non-hydrogen) atoms. The molecule has 0 bridgehead atoms. The van der Waals surface area contributed by atoms with Gasteiger partial charge in [-0.15, -0.1) is 0 Å². The van der Waals surface area contributed by atoms with E-state index < -0.39 is 0 Å². The monoisotopic (exact) mass is 509 g/mol. The Morgan fingerprint density at radius 3 is 2.51 bits per heavy atom. The van der Waals surface area contributed by atoms with Crippen LogP contribution in [0.3, 0.4) is 0 Å². The van der Waals surface area contributed by atoms with Crippen molar-refractivity contribution in [2.24, 2.45) is 17.5 Å². The molecule has 6 N–H and O–H groups in total. The molecule has 0 aliphatic carbocycles. The van der Waals surface area contributed by atoms with Crippen molar-refractivity contribution in [2.75, 3.05) is 44.1 Å². The fourth-order valence-electron chi connectivity index (χ4n) is 3.35. The number of ether oxygens (including phenoxy) is 3. The van der Waals surface area contributed by atoms with Crippen LogP contribution in [0.4, 0.5) is 17.2 Å². The summed E-state index contributed by atoms with van der Waals surface area (Å²) in [5.74, 6) is 7.58. The van der Waals surface area contributed by atoms with Crippen LogP contribution < -0.4 is 31.7 Å². The summed E-state index contributed by atoms with van der Waals surface area (Å²) in [6.45, 7) is 7.15. The van der Waals surface area contributed by atoms with Gasteiger partial charge in [-0.05, 0) is 37.1 Å². The number of hydrogen-bond donors (Lipinski definition) is 4. The molecule has 198 valence electrons. The van der Waals surface area contributed by atoms with Crippen molar-refractivity contribution >= 4 is 34.0 Å². The molecule has 11 heteroatoms. The number of aromatic nitrogens is 2. The first-order chi connectivity index (χ1) is 17.8. The summed E-state index contributed by atoms with van der Waals surface area (Å²) in [6, 6.07) is 10.9. The van der Waals surface area contributed by atoms with Crippen LogP contribution >= 0.6 is 0 Å². The maximum absolute atomic E-state index is 12.3. The van der Waals surface area contributed by atoms with E-state index in [0.717, 1.165) is 11.1 Å². The number of fused-ring (bicyclic) bond motifs is 1. The Morgan fingerprint density at radius 2 is 1.84 bits per heavy atom. The van der Waals surface area contributed by atoms with Gasteiger partial charge in [0, 0.05) is 42.5 Å². The van der Waals surface area contributed by atoms with Crippen molar-refractivity contribution in [1.82, 2.24) is 15.0 Å². The highest BCUT2D eigenvalue weighted by Crippen LogP contribution is 2.35. The van der Waals surface area contributed by atoms with Crippen LogP contribution in [0.15, 0.2) is 54.6 Å². The zero-order valence-corrected chi connectivity index (χ0v) is 21.7. The van der Waals surface area contributed by atoms with E-state index in [4.69, 9.17) is 25.8 Å². The van der Waals surface area contributed by atoms with Crippen LogP contribution in [0, 0.1) is 5.92 Å². The molecule has 3 aromatic rings. The zero-order valence-electron chi connectivity index (χ0n) is 21.7. The molecule has 0 aliphatic heterocycles. The normalized spacial score (nSPS) is 11.5. The van der Waals surface area contributed by atoms with Gasteiger partial charge in [0.15, 0.2) is 0 Å². The highest BCUT2D eigenvalue weighted by molar-refractivity contribution is 5.97. The van der Waals surface area contributed by atoms with E-state index in [9.17, 15) is 4.79 Å². The van der Waals surface area contributed by atoms with Gasteiger partial charge in [-0.2, -0.15) is 0 Å². The van der Waals surface area contributed by atoms with Crippen LogP contribution in [0.5, 0.6) is 11.5 Å². The number of nitrogens with zero attached hydrogens (tertiary/aromatic N) is 3. The average molecular weight is 510 g/mol. The molecule has 1 aromatic heterocycles. The third-order valence-corrected chi connectivity index (χ3v) is 5.27. The maximum atomic E-state index is 12.3. The Labute approximate surface area is 216 Å². The largest absolute Gasteiger partial charge is 0.493 e. The van der Waals surface area contributed by atoms with Crippen LogP contribution in [0.1, 0.15) is 20.8 Å². The van der Waals surface area contributed by atoms with Gasteiger partial charge in [-0.1, -0.05) is 13.8 Å². The third kappa shape index (κ3) is 7.95. The van der Waals surface area contributed by atoms with Crippen LogP contribution in [-0.2, 0) is 9.53 Å². The first-order valence-electron chi connectivity index (χ1n) is 12.0. The first kappa shape index (κ1) is 27.5. The van der Waals surface area contributed by atoms with Gasteiger partial charge in [0.2, 0.25) is 5.91 Å². The minimum Gasteiger partial charge on any atom is -0.493 e. The van der Waals surface area contributed by atoms with Gasteiger partial charge in [-0.3, -0.25) is 4.79 Å². The molecule has 0 saturated carbocycles. The summed E-state index contributed by atoms with van der Waals surface area (Å²) < 4.78 is 16.7. The molecule has 0 atom stereocenters. The number of nitrogens with two attached hydrogens (primary N) is 2. The quantitative estimate of drug-likeness (QED) is 0.153. The lowest BCUT2D eigenvalue weighted by Crippen LogP contribution is -2.35. The molecule has 1 amide bonds. The Hall–Kier alpha value is -4.09. The van der Waals surface area contributed by atoms with Gasteiger partial charge in [0.05, 0.1) is 24.1 Å². The standard InChI is InChI=1S/C26H35N7O4/c1-5-36-23-13-20(37-11-10-35-4)12-22-25(23)26(30-16-29-22)32-19-8-6-18(7-9-19)31-24(34)15-33(28)14-21(27)17(2)3/h6-9,12-14,16-17H,5,10-11,15,27-28H2,1-4H3,(H,31,34)(H,29,30,32)/b21-14-. The number of methoxy groups -OCH3 is 1. The number of rotatable bonds is 13. The average Bonchev–Trinajstić information content (AvgIpc) is 2.85. The number of carbonyl (C=O) groups excluding carboxylic acids is 1. The highest BCUT2D eigenvalue weighted by atomic mass is 16.5. The van der Waals surface area contributed by atoms with Gasteiger partial charge >= 0.3 is 0 Å². The molecule has 0 aliphatic rings. The van der Waals surface area contributed by atoms with E-state index in [0.29, 0.717) is 54.0 Å². The van der Waals surface area contributed by atoms with E-state index >= 15 is 0 Å². The molecular formula is C26H35N7O4. The molecule has 0 fully saturated rings. The second-order valence-electron chi connectivity index (χ2n) is 8.52. The summed E-state index contributed by atoms with van der Waals surface area (Å²) in [7, 11) is 1.62. The number of benzene rings is 2. The molecule has 0 radical (unpaired) electrons. The van der Waals surface area contributed by atoms with E-state index in [1.807, 2.05) is 45.0 Å². The smallest absolute Gasteiger partial charge is 0.245 e. The summed E-state index contributed by atoms with van der Waals surface area (Å²) in [4.78, 5) is 21.2. The zero-order chi connectivity index (χ0) is 26.8. The Morgan fingerprint density at radius 1 is 1.11 bits per heavy atom. The summed E-state index contributed by atoms with van der Waals surface area (Å²) in [5.41, 5.74) is 8.57. The minimum atomic E-state index is -0.261. The van der Waals surface area contributed by atoms with E-state index in [1.54, 1.807) is 25.4 Å². The summed E-state index contributed by atoms with van der Waals surface area (Å²) in [6.07, 6.45) is 3.04. The minimum absolute atomic E-state index is 0.0300. The number of allylic oxidation sites excluding steroid dienone is 1. The molecule has 2 aromatic carbocycles. The number of carbonyl (C=O) groups is 1. The molecule has 0 unspecified atom stereocenters. The van der Waals surface area contributed by atoms with E-state index in [1.165, 1.54) is 11.3 Å². The predicted octanol–water partition coefficient (Wildman–Crippen LogP) is 3.37. The van der Waals surface area contributed by atoms with Gasteiger partial charge in [0.25, 0.3) is 0 Å². The first-order valence-corrected chi connectivity index (χ1v) is 12.0. The summed E-state index contributed by atoms with van der Waals surface area (Å²) in [5, 5.41) is 8.13. The van der Waals surface area contributed by atoms with Crippen LogP contribution in [0.25, 0.3) is 10.9 Å². The van der Waals surface area contributed by atoms with E-state index in [-0.39, 0.29) is 18.4 Å². The second-order valence-corrected chi connectivity index (χ2v) is 8.52. The highest BCUT2D eigenvalue weighted by Gasteiger charge is 2.14. The number of amides is 1. The second kappa shape index (κ2) is 13.3. The van der Waals surface area contributed by atoms with Crippen LogP contribution in [-0.4, -0.2) is 54.4 Å². The lowest BCUT2D eigenvalue weighted by molar-refractivity contribution is -0.116. The molecule has 0 spiro atoms. The van der Waals surface area contributed by atoms with Gasteiger partial charge in [-0.25, -0.2) is 15.8 Å². The SMILES string of the molecule is CCOc1cc(OCCOC)cc2ncnc(Nc3ccc(NC(=O)CN(N)/C=C(\N)C(C)C)cc3)c12. The number of anilines is 3. The Bertz CT molecular complexity index is 1220. The maximum Gasteiger partial charge on any atom is 0.245 e. The molecule has 11 nitrogen and oxygen atoms in total. The third-order valence-electron chi connectivity index (χ3n) is 5.27. The molecule has 1 heterocycles. The van der Waals surface area contributed by atoms with Gasteiger partial charge in [0.1, 0.15) is 36.8 Å². The topological polar surface area (TPSA) is 150 Å². The predicted molar refractivity (Wildman–Crippen MR) is 144 cm³/mol. The number of nitrogens with one attached hydrogen (secondary N) is 2. The van der Waals surface area contributed by atoms with Crippen molar-refractivity contribution in [3.8, 4) is 11.5 Å². The number of hydrazine groups is 1. The van der Waals surface area contributed by atoms with Crippen molar-refractivity contribution < 1.29 is 19.0 Å². The van der Waals surface area contributed by atoms with Crippen molar-refractivity contribution in [2.45, 2.75) is 20.8 Å². The van der Waals surface area contributed by atoms with Crippen LogP contribution in [0.2, 0.25) is 0 Å². The van der Waals surface area contributed by atoms with E-state index in [2.05, 4.69) is 20.6 Å². The molecule has 3 rings (SSSR count).